The zero-order valence-electron chi connectivity index (χ0n) is 11.7. The molecule has 3 aromatic rings. The molecule has 1 aromatic heterocycles. The van der Waals surface area contributed by atoms with Gasteiger partial charge in [-0.1, -0.05) is 55.7 Å². The van der Waals surface area contributed by atoms with E-state index in [4.69, 9.17) is 0 Å². The van der Waals surface area contributed by atoms with Crippen LogP contribution in [0.2, 0.25) is 0 Å². The summed E-state index contributed by atoms with van der Waals surface area (Å²) < 4.78 is 0. The van der Waals surface area contributed by atoms with E-state index >= 15 is 0 Å². The monoisotopic (exact) mass is 261 g/mol. The summed E-state index contributed by atoms with van der Waals surface area (Å²) in [7, 11) is 0. The van der Waals surface area contributed by atoms with Gasteiger partial charge in [0.05, 0.1) is 5.52 Å². The summed E-state index contributed by atoms with van der Waals surface area (Å²) in [5, 5.41) is 4.00. The minimum Gasteiger partial charge on any atom is -0.256 e. The van der Waals surface area contributed by atoms with E-state index in [2.05, 4.69) is 47.4 Å². The van der Waals surface area contributed by atoms with E-state index in [0.717, 1.165) is 11.4 Å². The minimum absolute atomic E-state index is 0.722. The minimum atomic E-state index is 0.722. The van der Waals surface area contributed by atoms with Gasteiger partial charge in [-0.2, -0.15) is 0 Å². The number of rotatable bonds is 1. The van der Waals surface area contributed by atoms with Crippen molar-refractivity contribution in [2.75, 3.05) is 0 Å². The van der Waals surface area contributed by atoms with Crippen LogP contribution in [-0.4, -0.2) is 4.98 Å². The van der Waals surface area contributed by atoms with Crippen LogP contribution in [0.4, 0.5) is 0 Å². The molecular weight excluding hydrogens is 242 g/mol. The quantitative estimate of drug-likeness (QED) is 0.532. The van der Waals surface area contributed by atoms with Gasteiger partial charge < -0.3 is 0 Å². The van der Waals surface area contributed by atoms with Crippen LogP contribution in [0.25, 0.3) is 21.7 Å². The van der Waals surface area contributed by atoms with E-state index in [1.165, 1.54) is 53.8 Å². The molecule has 0 saturated heterocycles. The fourth-order valence-corrected chi connectivity index (χ4v) is 3.69. The molecule has 0 bridgehead atoms. The topological polar surface area (TPSA) is 12.9 Å². The summed E-state index contributed by atoms with van der Waals surface area (Å²) in [6, 6.07) is 15.3. The Morgan fingerprint density at radius 3 is 2.60 bits per heavy atom. The van der Waals surface area contributed by atoms with Crippen LogP contribution < -0.4 is 0 Å². The van der Waals surface area contributed by atoms with Crippen LogP contribution in [0.15, 0.2) is 48.7 Å². The summed E-state index contributed by atoms with van der Waals surface area (Å²) in [6.45, 7) is 0. The van der Waals surface area contributed by atoms with Crippen LogP contribution in [-0.2, 0) is 0 Å². The van der Waals surface area contributed by atoms with Crippen LogP contribution in [0.1, 0.15) is 43.6 Å². The standard InChI is InChI=1S/C19H19N/c1-2-7-14(8-3-1)16-11-6-12-18-19(16)17-10-5-4-9-15(17)13-20-18/h4-6,9-14H,1-3,7-8H2. The molecule has 1 nitrogen and oxygen atoms in total. The second-order valence-corrected chi connectivity index (χ2v) is 5.92. The maximum atomic E-state index is 4.66. The highest BCUT2D eigenvalue weighted by atomic mass is 14.6. The fraction of sp³-hybridized carbons (Fsp3) is 0.316. The number of aromatic nitrogens is 1. The lowest BCUT2D eigenvalue weighted by Crippen LogP contribution is -2.05. The Bertz CT molecular complexity index is 754. The van der Waals surface area contributed by atoms with Crippen molar-refractivity contribution in [3.63, 3.8) is 0 Å². The van der Waals surface area contributed by atoms with Gasteiger partial charge in [-0.15, -0.1) is 0 Å². The molecule has 1 heteroatoms. The van der Waals surface area contributed by atoms with Crippen molar-refractivity contribution in [3.8, 4) is 0 Å². The number of hydrogen-bond donors (Lipinski definition) is 0. The third-order valence-corrected chi connectivity index (χ3v) is 4.69. The SMILES string of the molecule is c1ccc2c(c1)cnc1cccc(C3CCCCC3)c12. The first kappa shape index (κ1) is 11.9. The number of pyridine rings is 1. The van der Waals surface area contributed by atoms with E-state index in [0.29, 0.717) is 0 Å². The van der Waals surface area contributed by atoms with Crippen LogP contribution in [0.3, 0.4) is 0 Å². The largest absolute Gasteiger partial charge is 0.256 e. The molecule has 100 valence electrons. The maximum absolute atomic E-state index is 4.66. The van der Waals surface area contributed by atoms with Gasteiger partial charge in [-0.25, -0.2) is 0 Å². The zero-order chi connectivity index (χ0) is 13.4. The van der Waals surface area contributed by atoms with Gasteiger partial charge in [-0.3, -0.25) is 4.98 Å². The molecule has 0 aliphatic heterocycles. The highest BCUT2D eigenvalue weighted by Crippen LogP contribution is 2.38. The molecule has 0 unspecified atom stereocenters. The van der Waals surface area contributed by atoms with Crippen molar-refractivity contribution in [2.24, 2.45) is 0 Å². The lowest BCUT2D eigenvalue weighted by atomic mass is 9.82. The van der Waals surface area contributed by atoms with Gasteiger partial charge in [0.15, 0.2) is 0 Å². The normalized spacial score (nSPS) is 16.8. The molecule has 1 aliphatic carbocycles. The van der Waals surface area contributed by atoms with E-state index in [1.807, 2.05) is 6.20 Å². The van der Waals surface area contributed by atoms with E-state index < -0.39 is 0 Å². The van der Waals surface area contributed by atoms with Crippen molar-refractivity contribution < 1.29 is 0 Å². The molecule has 1 fully saturated rings. The molecule has 0 radical (unpaired) electrons. The Balaban J connectivity index is 2.02. The number of fused-ring (bicyclic) bond motifs is 3. The summed E-state index contributed by atoms with van der Waals surface area (Å²) in [5.74, 6) is 0.722. The molecule has 1 saturated carbocycles. The Kier molecular flexibility index (Phi) is 2.91. The third-order valence-electron chi connectivity index (χ3n) is 4.69. The Morgan fingerprint density at radius 1 is 0.850 bits per heavy atom. The average molecular weight is 261 g/mol. The first-order valence-electron chi connectivity index (χ1n) is 7.70. The summed E-state index contributed by atoms with van der Waals surface area (Å²) in [6.07, 6.45) is 8.83. The fourth-order valence-electron chi connectivity index (χ4n) is 3.69. The Hall–Kier alpha value is -1.89. The average Bonchev–Trinajstić information content (AvgIpc) is 2.55. The molecule has 0 spiro atoms. The van der Waals surface area contributed by atoms with Crippen molar-refractivity contribution >= 4 is 21.7 Å². The van der Waals surface area contributed by atoms with Gasteiger partial charge in [0, 0.05) is 17.0 Å². The molecule has 1 aliphatic rings. The first-order chi connectivity index (χ1) is 9.93. The van der Waals surface area contributed by atoms with Crippen molar-refractivity contribution in [3.05, 3.63) is 54.2 Å². The maximum Gasteiger partial charge on any atom is 0.0711 e. The predicted molar refractivity (Wildman–Crippen MR) is 85.1 cm³/mol. The van der Waals surface area contributed by atoms with Gasteiger partial charge in [0.2, 0.25) is 0 Å². The molecular formula is C19H19N. The van der Waals surface area contributed by atoms with Gasteiger partial charge in [0.1, 0.15) is 0 Å². The lowest BCUT2D eigenvalue weighted by molar-refractivity contribution is 0.445. The molecule has 2 aromatic carbocycles. The predicted octanol–water partition coefficient (Wildman–Crippen LogP) is 5.44. The van der Waals surface area contributed by atoms with Gasteiger partial charge in [0.25, 0.3) is 0 Å². The second-order valence-electron chi connectivity index (χ2n) is 5.92. The lowest BCUT2D eigenvalue weighted by Gasteiger charge is -2.23. The van der Waals surface area contributed by atoms with Crippen molar-refractivity contribution in [2.45, 2.75) is 38.0 Å². The highest BCUT2D eigenvalue weighted by Gasteiger charge is 2.18. The summed E-state index contributed by atoms with van der Waals surface area (Å²) >= 11 is 0. The van der Waals surface area contributed by atoms with Crippen LogP contribution >= 0.6 is 0 Å². The van der Waals surface area contributed by atoms with Crippen LogP contribution in [0.5, 0.6) is 0 Å². The highest BCUT2D eigenvalue weighted by molar-refractivity contribution is 6.07. The smallest absolute Gasteiger partial charge is 0.0711 e. The zero-order valence-corrected chi connectivity index (χ0v) is 11.7. The second kappa shape index (κ2) is 4.90. The first-order valence-corrected chi connectivity index (χ1v) is 7.70. The molecule has 0 amide bonds. The molecule has 0 atom stereocenters. The van der Waals surface area contributed by atoms with Crippen molar-refractivity contribution in [1.29, 1.82) is 0 Å². The Morgan fingerprint density at radius 2 is 1.70 bits per heavy atom. The molecule has 1 heterocycles. The summed E-state index contributed by atoms with van der Waals surface area (Å²) in [4.78, 5) is 4.66. The molecule has 20 heavy (non-hydrogen) atoms. The van der Waals surface area contributed by atoms with E-state index in [9.17, 15) is 0 Å². The summed E-state index contributed by atoms with van der Waals surface area (Å²) in [5.41, 5.74) is 2.67. The van der Waals surface area contributed by atoms with E-state index in [-0.39, 0.29) is 0 Å². The third kappa shape index (κ3) is 1.89. The van der Waals surface area contributed by atoms with Crippen molar-refractivity contribution in [1.82, 2.24) is 4.98 Å². The van der Waals surface area contributed by atoms with Gasteiger partial charge >= 0.3 is 0 Å². The number of benzene rings is 2. The van der Waals surface area contributed by atoms with Gasteiger partial charge in [-0.05, 0) is 35.8 Å². The Labute approximate surface area is 119 Å². The van der Waals surface area contributed by atoms with E-state index in [1.54, 1.807) is 0 Å². The number of hydrogen-bond acceptors (Lipinski definition) is 1. The number of nitrogens with zero attached hydrogens (tertiary/aromatic N) is 1. The molecule has 0 N–H and O–H groups in total. The van der Waals surface area contributed by atoms with Crippen LogP contribution in [0, 0.1) is 0 Å². The molecule has 4 rings (SSSR count).